The van der Waals surface area contributed by atoms with Gasteiger partial charge in [0.15, 0.2) is 11.0 Å². The Labute approximate surface area is 69.6 Å². The Morgan fingerprint density at radius 1 is 1.55 bits per heavy atom. The highest BCUT2D eigenvalue weighted by Gasteiger charge is 2.24. The van der Waals surface area contributed by atoms with E-state index in [4.69, 9.17) is 10.5 Å². The first-order valence-corrected chi connectivity index (χ1v) is 3.98. The Hall–Kier alpha value is -0.680. The molecule has 1 heterocycles. The van der Waals surface area contributed by atoms with E-state index in [9.17, 15) is 0 Å². The van der Waals surface area contributed by atoms with Gasteiger partial charge in [-0.1, -0.05) is 0 Å². The van der Waals surface area contributed by atoms with Crippen molar-refractivity contribution in [2.75, 3.05) is 12.8 Å². The summed E-state index contributed by atoms with van der Waals surface area (Å²) in [7, 11) is 1.62. The normalized spacial score (nSPS) is 11.9. The molecule has 2 N–H and O–H groups in total. The zero-order valence-electron chi connectivity index (χ0n) is 6.79. The van der Waals surface area contributed by atoms with Crippen LogP contribution in [0.2, 0.25) is 0 Å². The summed E-state index contributed by atoms with van der Waals surface area (Å²) in [5, 5.41) is 0.477. The Morgan fingerprint density at radius 3 is 2.55 bits per heavy atom. The number of hydrogen-bond acceptors (Lipinski definition) is 5. The van der Waals surface area contributed by atoms with E-state index in [-0.39, 0.29) is 0 Å². The number of nitrogens with two attached hydrogens (primary N) is 1. The summed E-state index contributed by atoms with van der Waals surface area (Å²) in [6.45, 7) is 3.79. The lowest BCUT2D eigenvalue weighted by Crippen LogP contribution is -2.21. The molecule has 62 valence electrons. The van der Waals surface area contributed by atoms with E-state index in [1.54, 1.807) is 7.11 Å². The monoisotopic (exact) mass is 173 g/mol. The summed E-state index contributed by atoms with van der Waals surface area (Å²) in [5.74, 6) is 0.641. The van der Waals surface area contributed by atoms with Crippen LogP contribution in [0.5, 0.6) is 0 Å². The van der Waals surface area contributed by atoms with Crippen molar-refractivity contribution in [3.05, 3.63) is 5.82 Å². The molecule has 0 unspecified atom stereocenters. The maximum atomic E-state index is 5.42. The van der Waals surface area contributed by atoms with Crippen molar-refractivity contribution in [1.82, 2.24) is 9.36 Å². The highest BCUT2D eigenvalue weighted by Crippen LogP contribution is 2.22. The maximum absolute atomic E-state index is 5.42. The molecule has 0 aliphatic rings. The van der Waals surface area contributed by atoms with Crippen molar-refractivity contribution in [3.8, 4) is 0 Å². The van der Waals surface area contributed by atoms with Gasteiger partial charge >= 0.3 is 0 Å². The first-order valence-electron chi connectivity index (χ1n) is 3.21. The Kier molecular flexibility index (Phi) is 2.10. The lowest BCUT2D eigenvalue weighted by Gasteiger charge is -2.18. The molecule has 0 aliphatic heterocycles. The smallest absolute Gasteiger partial charge is 0.200 e. The minimum absolute atomic E-state index is 0.436. The molecule has 0 fully saturated rings. The molecule has 0 atom stereocenters. The average Bonchev–Trinajstić information content (AvgIpc) is 2.36. The molecule has 11 heavy (non-hydrogen) atoms. The third kappa shape index (κ3) is 1.66. The predicted molar refractivity (Wildman–Crippen MR) is 44.4 cm³/mol. The number of aromatic nitrogens is 2. The minimum Gasteiger partial charge on any atom is -0.374 e. The molecule has 0 saturated heterocycles. The molecule has 1 aromatic heterocycles. The number of anilines is 1. The largest absolute Gasteiger partial charge is 0.374 e. The summed E-state index contributed by atoms with van der Waals surface area (Å²) < 4.78 is 9.20. The number of ether oxygens (including phenoxy) is 1. The molecule has 0 aromatic carbocycles. The third-order valence-electron chi connectivity index (χ3n) is 1.49. The van der Waals surface area contributed by atoms with Crippen LogP contribution in [0.4, 0.5) is 5.13 Å². The second-order valence-electron chi connectivity index (χ2n) is 2.67. The predicted octanol–water partition coefficient (Wildman–Crippen LogP) is 1.00. The number of methoxy groups -OCH3 is 1. The Morgan fingerprint density at radius 2 is 2.18 bits per heavy atom. The van der Waals surface area contributed by atoms with Crippen LogP contribution in [0.25, 0.3) is 0 Å². The van der Waals surface area contributed by atoms with E-state index in [1.165, 1.54) is 11.5 Å². The van der Waals surface area contributed by atoms with Crippen LogP contribution >= 0.6 is 11.5 Å². The third-order valence-corrected chi connectivity index (χ3v) is 2.03. The Balaban J connectivity index is 2.92. The number of nitrogens with zero attached hydrogens (tertiary/aromatic N) is 2. The number of hydrogen-bond donors (Lipinski definition) is 1. The fourth-order valence-corrected chi connectivity index (χ4v) is 1.14. The van der Waals surface area contributed by atoms with Crippen molar-refractivity contribution in [1.29, 1.82) is 0 Å². The topological polar surface area (TPSA) is 61.0 Å². The highest BCUT2D eigenvalue weighted by molar-refractivity contribution is 7.09. The molecule has 0 aliphatic carbocycles. The number of nitrogen functional groups attached to an aromatic ring is 1. The van der Waals surface area contributed by atoms with Gasteiger partial charge in [-0.3, -0.25) is 0 Å². The summed E-state index contributed by atoms with van der Waals surface area (Å²) >= 11 is 1.18. The maximum Gasteiger partial charge on any atom is 0.200 e. The quantitative estimate of drug-likeness (QED) is 0.724. The SMILES string of the molecule is COC(C)(C)c1nsc(N)n1. The van der Waals surface area contributed by atoms with Gasteiger partial charge in [-0.25, -0.2) is 4.98 Å². The first-order chi connectivity index (χ1) is 5.06. The van der Waals surface area contributed by atoms with E-state index in [0.717, 1.165) is 0 Å². The van der Waals surface area contributed by atoms with Crippen LogP contribution < -0.4 is 5.73 Å². The van der Waals surface area contributed by atoms with E-state index in [1.807, 2.05) is 13.8 Å². The lowest BCUT2D eigenvalue weighted by atomic mass is 10.1. The molecule has 1 aromatic rings. The summed E-state index contributed by atoms with van der Waals surface area (Å²) in [6, 6.07) is 0. The molecular weight excluding hydrogens is 162 g/mol. The van der Waals surface area contributed by atoms with Crippen LogP contribution in [-0.4, -0.2) is 16.5 Å². The molecule has 0 spiro atoms. The summed E-state index contributed by atoms with van der Waals surface area (Å²) in [6.07, 6.45) is 0. The standard InChI is InChI=1S/C6H11N3OS/c1-6(2,10-3)4-8-5(7)11-9-4/h1-3H3,(H2,7,8,9). The summed E-state index contributed by atoms with van der Waals surface area (Å²) in [5.41, 5.74) is 4.98. The van der Waals surface area contributed by atoms with E-state index < -0.39 is 5.60 Å². The second kappa shape index (κ2) is 2.75. The van der Waals surface area contributed by atoms with Crippen molar-refractivity contribution in [2.45, 2.75) is 19.4 Å². The van der Waals surface area contributed by atoms with Crippen LogP contribution in [0, 0.1) is 0 Å². The van der Waals surface area contributed by atoms with E-state index >= 15 is 0 Å². The van der Waals surface area contributed by atoms with Gasteiger partial charge in [0.05, 0.1) is 0 Å². The molecule has 4 nitrogen and oxygen atoms in total. The molecule has 0 bridgehead atoms. The highest BCUT2D eigenvalue weighted by atomic mass is 32.1. The van der Waals surface area contributed by atoms with Crippen molar-refractivity contribution < 1.29 is 4.74 Å². The van der Waals surface area contributed by atoms with Crippen LogP contribution in [0.3, 0.4) is 0 Å². The first kappa shape index (κ1) is 8.42. The lowest BCUT2D eigenvalue weighted by molar-refractivity contribution is 0.0126. The fourth-order valence-electron chi connectivity index (χ4n) is 0.571. The summed E-state index contributed by atoms with van der Waals surface area (Å²) in [4.78, 5) is 4.01. The zero-order valence-corrected chi connectivity index (χ0v) is 7.60. The van der Waals surface area contributed by atoms with E-state index in [2.05, 4.69) is 9.36 Å². The molecule has 0 radical (unpaired) electrons. The molecule has 5 heteroatoms. The number of rotatable bonds is 2. The van der Waals surface area contributed by atoms with Gasteiger partial charge < -0.3 is 10.5 Å². The van der Waals surface area contributed by atoms with Gasteiger partial charge in [0.2, 0.25) is 0 Å². The Bertz CT molecular complexity index is 246. The minimum atomic E-state index is -0.436. The van der Waals surface area contributed by atoms with Gasteiger partial charge in [-0.15, -0.1) is 0 Å². The van der Waals surface area contributed by atoms with E-state index in [0.29, 0.717) is 11.0 Å². The van der Waals surface area contributed by atoms with Crippen LogP contribution in [0.15, 0.2) is 0 Å². The van der Waals surface area contributed by atoms with Crippen LogP contribution in [0.1, 0.15) is 19.7 Å². The second-order valence-corrected chi connectivity index (χ2v) is 3.45. The zero-order chi connectivity index (χ0) is 8.48. The van der Waals surface area contributed by atoms with Gasteiger partial charge in [0.1, 0.15) is 5.60 Å². The van der Waals surface area contributed by atoms with Gasteiger partial charge in [-0.2, -0.15) is 4.37 Å². The van der Waals surface area contributed by atoms with Crippen LogP contribution in [-0.2, 0) is 10.3 Å². The van der Waals surface area contributed by atoms with Gasteiger partial charge in [0, 0.05) is 18.6 Å². The van der Waals surface area contributed by atoms with Gasteiger partial charge in [0.25, 0.3) is 0 Å². The van der Waals surface area contributed by atoms with Gasteiger partial charge in [-0.05, 0) is 13.8 Å². The van der Waals surface area contributed by atoms with Crippen molar-refractivity contribution >= 4 is 16.7 Å². The molecular formula is C6H11N3OS. The molecule has 0 amide bonds. The van der Waals surface area contributed by atoms with Crippen molar-refractivity contribution in [2.24, 2.45) is 0 Å². The average molecular weight is 173 g/mol. The molecule has 1 rings (SSSR count). The fraction of sp³-hybridized carbons (Fsp3) is 0.667. The molecule has 0 saturated carbocycles. The van der Waals surface area contributed by atoms with Crippen molar-refractivity contribution in [3.63, 3.8) is 0 Å².